The van der Waals surface area contributed by atoms with Crippen molar-refractivity contribution in [1.82, 2.24) is 0 Å². The van der Waals surface area contributed by atoms with Gasteiger partial charge >= 0.3 is 0 Å². The largest absolute Gasteiger partial charge is 0.489 e. The Kier molecular flexibility index (Phi) is 4.63. The monoisotopic (exact) mass is 422 g/mol. The minimum Gasteiger partial charge on any atom is -0.489 e. The van der Waals surface area contributed by atoms with Crippen molar-refractivity contribution in [3.63, 3.8) is 0 Å². The van der Waals surface area contributed by atoms with Crippen LogP contribution in [0.25, 0.3) is 0 Å². The molecular weight excluding hydrogens is 404 g/mol. The van der Waals surface area contributed by atoms with Crippen LogP contribution in [-0.2, 0) is 14.8 Å². The van der Waals surface area contributed by atoms with E-state index in [1.165, 1.54) is 17.3 Å². The van der Waals surface area contributed by atoms with E-state index in [1.807, 2.05) is 0 Å². The normalized spacial score (nSPS) is 16.0. The van der Waals surface area contributed by atoms with E-state index in [1.54, 1.807) is 36.1 Å². The Labute approximate surface area is 168 Å². The van der Waals surface area contributed by atoms with Crippen LogP contribution in [-0.4, -0.2) is 40.6 Å². The first-order valence-corrected chi connectivity index (χ1v) is 10.6. The van der Waals surface area contributed by atoms with Gasteiger partial charge < -0.3 is 14.4 Å². The standard InChI is InChI=1S/C19H19ClN2O5S/c1-12-9-15-18(27-7-5-21(15)13(2)23)11-19(12)28(24,25)22-6-8-26-17-4-3-14(20)10-16(17)22/h3-4,9-11H,5-8H2,1-2H3. The summed E-state index contributed by atoms with van der Waals surface area (Å²) in [4.78, 5) is 13.6. The van der Waals surface area contributed by atoms with Crippen LogP contribution in [0, 0.1) is 6.92 Å². The van der Waals surface area contributed by atoms with Crippen LogP contribution in [0.2, 0.25) is 5.02 Å². The summed E-state index contributed by atoms with van der Waals surface area (Å²) in [6.07, 6.45) is 0. The molecule has 2 aromatic rings. The summed E-state index contributed by atoms with van der Waals surface area (Å²) in [5.74, 6) is 0.732. The van der Waals surface area contributed by atoms with Gasteiger partial charge in [-0.15, -0.1) is 0 Å². The third-order valence-corrected chi connectivity index (χ3v) is 7.00. The quantitative estimate of drug-likeness (QED) is 0.743. The predicted octanol–water partition coefficient (Wildman–Crippen LogP) is 2.98. The lowest BCUT2D eigenvalue weighted by Gasteiger charge is -2.32. The molecule has 0 bridgehead atoms. The van der Waals surface area contributed by atoms with E-state index in [0.717, 1.165) is 0 Å². The Balaban J connectivity index is 1.82. The zero-order chi connectivity index (χ0) is 20.1. The van der Waals surface area contributed by atoms with Gasteiger partial charge in [-0.1, -0.05) is 11.6 Å². The highest BCUT2D eigenvalue weighted by Crippen LogP contribution is 2.41. The summed E-state index contributed by atoms with van der Waals surface area (Å²) in [7, 11) is -3.88. The highest BCUT2D eigenvalue weighted by Gasteiger charge is 2.33. The molecule has 0 aromatic heterocycles. The van der Waals surface area contributed by atoms with Gasteiger partial charge in [-0.25, -0.2) is 8.42 Å². The highest BCUT2D eigenvalue weighted by molar-refractivity contribution is 7.93. The smallest absolute Gasteiger partial charge is 0.264 e. The number of anilines is 2. The van der Waals surface area contributed by atoms with E-state index in [2.05, 4.69) is 0 Å². The van der Waals surface area contributed by atoms with Crippen LogP contribution in [0.15, 0.2) is 35.2 Å². The molecule has 0 atom stereocenters. The van der Waals surface area contributed by atoms with Crippen LogP contribution < -0.4 is 18.7 Å². The Hall–Kier alpha value is -2.45. The number of benzene rings is 2. The van der Waals surface area contributed by atoms with Crippen molar-refractivity contribution in [3.05, 3.63) is 40.9 Å². The van der Waals surface area contributed by atoms with E-state index in [9.17, 15) is 13.2 Å². The molecule has 0 radical (unpaired) electrons. The molecule has 9 heteroatoms. The van der Waals surface area contributed by atoms with Gasteiger partial charge in [0.2, 0.25) is 5.91 Å². The molecule has 0 unspecified atom stereocenters. The van der Waals surface area contributed by atoms with Crippen molar-refractivity contribution in [2.45, 2.75) is 18.7 Å². The van der Waals surface area contributed by atoms with E-state index in [4.69, 9.17) is 21.1 Å². The number of carbonyl (C=O) groups is 1. The lowest BCUT2D eigenvalue weighted by molar-refractivity contribution is -0.116. The van der Waals surface area contributed by atoms with Gasteiger partial charge in [0, 0.05) is 18.0 Å². The molecule has 0 saturated carbocycles. The van der Waals surface area contributed by atoms with Crippen molar-refractivity contribution in [3.8, 4) is 11.5 Å². The van der Waals surface area contributed by atoms with Crippen LogP contribution in [0.3, 0.4) is 0 Å². The fraction of sp³-hybridized carbons (Fsp3) is 0.316. The molecule has 0 spiro atoms. The zero-order valence-corrected chi connectivity index (χ0v) is 17.0. The number of fused-ring (bicyclic) bond motifs is 2. The fourth-order valence-electron chi connectivity index (χ4n) is 3.49. The molecule has 2 heterocycles. The van der Waals surface area contributed by atoms with Gasteiger partial charge in [0.05, 0.1) is 29.4 Å². The Morgan fingerprint density at radius 1 is 1.04 bits per heavy atom. The van der Waals surface area contributed by atoms with Crippen molar-refractivity contribution in [1.29, 1.82) is 0 Å². The van der Waals surface area contributed by atoms with Crippen LogP contribution in [0.5, 0.6) is 11.5 Å². The maximum atomic E-state index is 13.5. The Morgan fingerprint density at radius 2 is 1.75 bits per heavy atom. The third kappa shape index (κ3) is 3.06. The first-order valence-electron chi connectivity index (χ1n) is 8.79. The van der Waals surface area contributed by atoms with E-state index >= 15 is 0 Å². The summed E-state index contributed by atoms with van der Waals surface area (Å²) >= 11 is 6.08. The van der Waals surface area contributed by atoms with Crippen molar-refractivity contribution in [2.24, 2.45) is 0 Å². The number of rotatable bonds is 2. The number of aryl methyl sites for hydroxylation is 1. The van der Waals surface area contributed by atoms with Crippen molar-refractivity contribution >= 4 is 38.9 Å². The second-order valence-electron chi connectivity index (χ2n) is 6.64. The van der Waals surface area contributed by atoms with Crippen LogP contribution in [0.1, 0.15) is 12.5 Å². The minimum absolute atomic E-state index is 0.115. The molecule has 4 rings (SSSR count). The van der Waals surface area contributed by atoms with Gasteiger partial charge in [-0.3, -0.25) is 9.10 Å². The SMILES string of the molecule is CC(=O)N1CCOc2cc(S(=O)(=O)N3CCOc4ccc(Cl)cc43)c(C)cc21. The average Bonchev–Trinajstić information content (AvgIpc) is 2.66. The first kappa shape index (κ1) is 18.9. The lowest BCUT2D eigenvalue weighted by atomic mass is 10.1. The van der Waals surface area contributed by atoms with Crippen molar-refractivity contribution in [2.75, 3.05) is 35.5 Å². The number of amides is 1. The predicted molar refractivity (Wildman–Crippen MR) is 106 cm³/mol. The van der Waals surface area contributed by atoms with Gasteiger partial charge in [-0.05, 0) is 36.8 Å². The molecule has 2 aromatic carbocycles. The van der Waals surface area contributed by atoms with Gasteiger partial charge in [0.15, 0.2) is 0 Å². The molecular formula is C19H19ClN2O5S. The number of nitrogens with zero attached hydrogens (tertiary/aromatic N) is 2. The van der Waals surface area contributed by atoms with E-state index < -0.39 is 10.0 Å². The minimum atomic E-state index is -3.88. The number of halogens is 1. The van der Waals surface area contributed by atoms with Crippen molar-refractivity contribution < 1.29 is 22.7 Å². The van der Waals surface area contributed by atoms with E-state index in [0.29, 0.717) is 46.6 Å². The van der Waals surface area contributed by atoms with Crippen LogP contribution in [0.4, 0.5) is 11.4 Å². The first-order chi connectivity index (χ1) is 13.3. The number of ether oxygens (including phenoxy) is 2. The molecule has 2 aliphatic heterocycles. The molecule has 0 saturated heterocycles. The molecule has 2 aliphatic rings. The van der Waals surface area contributed by atoms with E-state index in [-0.39, 0.29) is 24.0 Å². The zero-order valence-electron chi connectivity index (χ0n) is 15.4. The van der Waals surface area contributed by atoms with Crippen LogP contribution >= 0.6 is 11.6 Å². The highest BCUT2D eigenvalue weighted by atomic mass is 35.5. The maximum absolute atomic E-state index is 13.5. The fourth-order valence-corrected chi connectivity index (χ4v) is 5.33. The Morgan fingerprint density at radius 3 is 2.50 bits per heavy atom. The third-order valence-electron chi connectivity index (χ3n) is 4.81. The van der Waals surface area contributed by atoms with Gasteiger partial charge in [0.1, 0.15) is 24.7 Å². The number of sulfonamides is 1. The summed E-state index contributed by atoms with van der Waals surface area (Å²) in [5.41, 5.74) is 1.52. The van der Waals surface area contributed by atoms with Gasteiger partial charge in [0.25, 0.3) is 10.0 Å². The average molecular weight is 423 g/mol. The molecule has 7 nitrogen and oxygen atoms in total. The molecule has 0 aliphatic carbocycles. The lowest BCUT2D eigenvalue weighted by Crippen LogP contribution is -2.39. The topological polar surface area (TPSA) is 76.2 Å². The number of carbonyl (C=O) groups excluding carboxylic acids is 1. The molecule has 0 N–H and O–H groups in total. The molecule has 0 fully saturated rings. The summed E-state index contributed by atoms with van der Waals surface area (Å²) < 4.78 is 39.5. The molecule has 148 valence electrons. The molecule has 28 heavy (non-hydrogen) atoms. The molecule has 1 amide bonds. The second-order valence-corrected chi connectivity index (χ2v) is 8.91. The summed E-state index contributed by atoms with van der Waals surface area (Å²) in [6.45, 7) is 4.34. The Bertz CT molecular complexity index is 1070. The summed E-state index contributed by atoms with van der Waals surface area (Å²) in [5, 5.41) is 0.423. The number of hydrogen-bond acceptors (Lipinski definition) is 5. The maximum Gasteiger partial charge on any atom is 0.264 e. The second kappa shape index (κ2) is 6.86. The number of hydrogen-bond donors (Lipinski definition) is 0. The van der Waals surface area contributed by atoms with Gasteiger partial charge in [-0.2, -0.15) is 0 Å². The summed E-state index contributed by atoms with van der Waals surface area (Å²) in [6, 6.07) is 8.07.